The van der Waals surface area contributed by atoms with E-state index in [0.717, 1.165) is 112 Å². The SMILES string of the molecule is Fc1cc(Cl)ccc1COc1cccc(C2CCN(Cc3nc4cc(-c5ccnn5C5CCCCO5)ccc4n3CC3CCO3)CC2)n1. The highest BCUT2D eigenvalue weighted by atomic mass is 35.5. The number of imidazole rings is 1. The maximum atomic E-state index is 14.2. The third-order valence-electron chi connectivity index (χ3n) is 9.91. The van der Waals surface area contributed by atoms with Crippen molar-refractivity contribution in [3.63, 3.8) is 0 Å². The lowest BCUT2D eigenvalue weighted by Crippen LogP contribution is -2.35. The number of likely N-dealkylation sites (tertiary alicyclic amines) is 1. The van der Waals surface area contributed by atoms with Gasteiger partial charge >= 0.3 is 0 Å². The minimum Gasteiger partial charge on any atom is -0.473 e. The summed E-state index contributed by atoms with van der Waals surface area (Å²) in [4.78, 5) is 12.5. The maximum absolute atomic E-state index is 14.2. The van der Waals surface area contributed by atoms with Crippen LogP contribution in [0.15, 0.2) is 66.9 Å². The number of pyridine rings is 1. The molecular formula is C37H40ClFN6O3. The Morgan fingerprint density at radius 3 is 2.60 bits per heavy atom. The van der Waals surface area contributed by atoms with Crippen LogP contribution in [-0.4, -0.2) is 61.6 Å². The van der Waals surface area contributed by atoms with Crippen molar-refractivity contribution in [3.05, 3.63) is 94.8 Å². The van der Waals surface area contributed by atoms with E-state index in [-0.39, 0.29) is 24.8 Å². The Morgan fingerprint density at radius 2 is 1.81 bits per heavy atom. The van der Waals surface area contributed by atoms with Crippen LogP contribution in [0.25, 0.3) is 22.3 Å². The first kappa shape index (κ1) is 31.4. The van der Waals surface area contributed by atoms with E-state index < -0.39 is 0 Å². The fourth-order valence-electron chi connectivity index (χ4n) is 7.10. The number of aromatic nitrogens is 5. The van der Waals surface area contributed by atoms with Crippen LogP contribution in [0.5, 0.6) is 5.88 Å². The van der Waals surface area contributed by atoms with Crippen molar-refractivity contribution in [1.29, 1.82) is 0 Å². The number of benzene rings is 2. The molecule has 0 aliphatic carbocycles. The molecule has 0 radical (unpaired) electrons. The number of rotatable bonds is 10. The molecule has 8 rings (SSSR count). The molecule has 2 aromatic carbocycles. The van der Waals surface area contributed by atoms with E-state index in [2.05, 4.69) is 44.9 Å². The molecule has 3 saturated heterocycles. The molecule has 0 bridgehead atoms. The average molecular weight is 671 g/mol. The summed E-state index contributed by atoms with van der Waals surface area (Å²) < 4.78 is 36.4. The first-order valence-corrected chi connectivity index (χ1v) is 17.5. The second kappa shape index (κ2) is 14.0. The number of halogens is 2. The fraction of sp³-hybridized carbons (Fsp3) is 0.432. The van der Waals surface area contributed by atoms with E-state index in [0.29, 0.717) is 22.4 Å². The zero-order valence-electron chi connectivity index (χ0n) is 26.9. The number of hydrogen-bond donors (Lipinski definition) is 0. The summed E-state index contributed by atoms with van der Waals surface area (Å²) in [5.41, 5.74) is 5.76. The molecule has 3 fully saturated rings. The Balaban J connectivity index is 0.956. The van der Waals surface area contributed by atoms with E-state index in [4.69, 9.17) is 35.8 Å². The smallest absolute Gasteiger partial charge is 0.213 e. The van der Waals surface area contributed by atoms with Gasteiger partial charge in [-0.1, -0.05) is 29.8 Å². The van der Waals surface area contributed by atoms with Gasteiger partial charge in [-0.25, -0.2) is 19.0 Å². The van der Waals surface area contributed by atoms with Gasteiger partial charge in [-0.3, -0.25) is 4.90 Å². The van der Waals surface area contributed by atoms with E-state index in [1.165, 1.54) is 6.07 Å². The molecule has 3 aliphatic rings. The van der Waals surface area contributed by atoms with Crippen LogP contribution in [-0.2, 0) is 29.2 Å². The third-order valence-corrected chi connectivity index (χ3v) is 10.1. The van der Waals surface area contributed by atoms with Crippen LogP contribution in [0.4, 0.5) is 4.39 Å². The lowest BCUT2D eigenvalue weighted by atomic mass is 9.93. The van der Waals surface area contributed by atoms with Crippen molar-refractivity contribution in [2.45, 2.75) is 76.5 Å². The number of hydrogen-bond acceptors (Lipinski definition) is 7. The summed E-state index contributed by atoms with van der Waals surface area (Å²) >= 11 is 5.89. The molecular weight excluding hydrogens is 631 g/mol. The van der Waals surface area contributed by atoms with Gasteiger partial charge in [-0.15, -0.1) is 0 Å². The highest BCUT2D eigenvalue weighted by Crippen LogP contribution is 2.33. The predicted octanol–water partition coefficient (Wildman–Crippen LogP) is 7.53. The monoisotopic (exact) mass is 670 g/mol. The van der Waals surface area contributed by atoms with Crippen molar-refractivity contribution in [2.24, 2.45) is 0 Å². The molecule has 250 valence electrons. The molecule has 5 aromatic rings. The Bertz CT molecular complexity index is 1880. The van der Waals surface area contributed by atoms with Crippen molar-refractivity contribution >= 4 is 22.6 Å². The molecule has 0 N–H and O–H groups in total. The van der Waals surface area contributed by atoms with Crippen LogP contribution >= 0.6 is 11.6 Å². The fourth-order valence-corrected chi connectivity index (χ4v) is 7.26. The summed E-state index contributed by atoms with van der Waals surface area (Å²) in [6.07, 6.45) is 8.38. The largest absolute Gasteiger partial charge is 0.473 e. The molecule has 2 unspecified atom stereocenters. The Hall–Kier alpha value is -3.83. The molecule has 0 saturated carbocycles. The van der Waals surface area contributed by atoms with Crippen molar-refractivity contribution < 1.29 is 18.6 Å². The summed E-state index contributed by atoms with van der Waals surface area (Å²) in [7, 11) is 0. The summed E-state index contributed by atoms with van der Waals surface area (Å²) in [6.45, 7) is 5.19. The summed E-state index contributed by atoms with van der Waals surface area (Å²) in [5.74, 6) is 1.53. The van der Waals surface area contributed by atoms with Crippen molar-refractivity contribution in [3.8, 4) is 17.1 Å². The van der Waals surface area contributed by atoms with Crippen LogP contribution in [0, 0.1) is 5.82 Å². The highest BCUT2D eigenvalue weighted by Gasteiger charge is 2.27. The normalized spacial score (nSPS) is 20.6. The lowest BCUT2D eigenvalue weighted by molar-refractivity contribution is -0.0592. The maximum Gasteiger partial charge on any atom is 0.213 e. The zero-order valence-corrected chi connectivity index (χ0v) is 27.7. The van der Waals surface area contributed by atoms with Crippen LogP contribution < -0.4 is 4.74 Å². The van der Waals surface area contributed by atoms with Gasteiger partial charge < -0.3 is 18.8 Å². The van der Waals surface area contributed by atoms with Gasteiger partial charge in [0, 0.05) is 53.2 Å². The molecule has 2 atom stereocenters. The minimum atomic E-state index is -0.377. The van der Waals surface area contributed by atoms with Gasteiger partial charge in [-0.05, 0) is 88.0 Å². The first-order valence-electron chi connectivity index (χ1n) is 17.1. The van der Waals surface area contributed by atoms with E-state index in [1.807, 2.05) is 23.0 Å². The predicted molar refractivity (Wildman–Crippen MR) is 181 cm³/mol. The van der Waals surface area contributed by atoms with Gasteiger partial charge in [-0.2, -0.15) is 5.10 Å². The quantitative estimate of drug-likeness (QED) is 0.152. The third kappa shape index (κ3) is 6.72. The second-order valence-electron chi connectivity index (χ2n) is 13.1. The molecule has 3 aliphatic heterocycles. The average Bonchev–Trinajstić information content (AvgIpc) is 3.71. The summed E-state index contributed by atoms with van der Waals surface area (Å²) in [5, 5.41) is 5.00. The number of fused-ring (bicyclic) bond motifs is 1. The standard InChI is InChI=1S/C37H40ClFN6O3/c38-28-9-7-27(30(39)21-28)24-48-36-5-3-4-31(42-36)25-12-16-43(17-13-25)23-35-41-32-20-26(8-10-34(32)44(35)22-29-14-19-46-29)33-11-15-40-45(33)37-6-1-2-18-47-37/h3-5,7-11,15,20-21,25,29,37H,1-2,6,12-14,16-19,22-24H2. The van der Waals surface area contributed by atoms with E-state index >= 15 is 0 Å². The Labute approximate surface area is 284 Å². The molecule has 11 heteroatoms. The second-order valence-corrected chi connectivity index (χ2v) is 13.5. The molecule has 0 amide bonds. The van der Waals surface area contributed by atoms with Gasteiger partial charge in [0.05, 0.1) is 35.9 Å². The van der Waals surface area contributed by atoms with Crippen molar-refractivity contribution in [1.82, 2.24) is 29.2 Å². The van der Waals surface area contributed by atoms with Gasteiger partial charge in [0.15, 0.2) is 6.23 Å². The van der Waals surface area contributed by atoms with Crippen LogP contribution in [0.3, 0.4) is 0 Å². The lowest BCUT2D eigenvalue weighted by Gasteiger charge is -2.32. The molecule has 6 heterocycles. The van der Waals surface area contributed by atoms with Crippen molar-refractivity contribution in [2.75, 3.05) is 26.3 Å². The summed E-state index contributed by atoms with van der Waals surface area (Å²) in [6, 6.07) is 19.1. The number of nitrogens with zero attached hydrogens (tertiary/aromatic N) is 6. The van der Waals surface area contributed by atoms with Gasteiger partial charge in [0.2, 0.25) is 5.88 Å². The van der Waals surface area contributed by atoms with Crippen LogP contribution in [0.2, 0.25) is 5.02 Å². The molecule has 3 aromatic heterocycles. The molecule has 0 spiro atoms. The Morgan fingerprint density at radius 1 is 0.917 bits per heavy atom. The van der Waals surface area contributed by atoms with Gasteiger partial charge in [0.1, 0.15) is 18.2 Å². The minimum absolute atomic E-state index is 0.0182. The van der Waals surface area contributed by atoms with Gasteiger partial charge in [0.25, 0.3) is 0 Å². The zero-order chi connectivity index (χ0) is 32.5. The topological polar surface area (TPSA) is 79.5 Å². The number of ether oxygens (including phenoxy) is 3. The van der Waals surface area contributed by atoms with Crippen LogP contribution in [0.1, 0.15) is 67.8 Å². The van der Waals surface area contributed by atoms with E-state index in [1.54, 1.807) is 12.1 Å². The Kier molecular flexibility index (Phi) is 9.14. The first-order chi connectivity index (χ1) is 23.6. The number of piperidine rings is 1. The molecule has 9 nitrogen and oxygen atoms in total. The molecule has 48 heavy (non-hydrogen) atoms. The highest BCUT2D eigenvalue weighted by molar-refractivity contribution is 6.30. The van der Waals surface area contributed by atoms with E-state index in [9.17, 15) is 4.39 Å².